The first kappa shape index (κ1) is 33.2. The molecule has 2 aromatic heterocycles. The van der Waals surface area contributed by atoms with Gasteiger partial charge in [-0.1, -0.05) is 38.8 Å². The molecule has 0 radical (unpaired) electrons. The number of nitrogens with zero attached hydrogens (tertiary/aromatic N) is 3. The molecule has 54 heavy (non-hydrogen) atoms. The number of esters is 1. The monoisotopic (exact) mass is 716 g/mol. The molecule has 1 N–H and O–H groups in total. The predicted octanol–water partition coefficient (Wildman–Crippen LogP) is 7.43. The van der Waals surface area contributed by atoms with Crippen LogP contribution in [0.5, 0.6) is 5.75 Å². The molecule has 0 saturated heterocycles. The second-order valence-electron chi connectivity index (χ2n) is 14.4. The number of aromatic nitrogens is 3. The largest absolute Gasteiger partial charge is 0.423 e. The van der Waals surface area contributed by atoms with E-state index in [0.717, 1.165) is 36.8 Å². The van der Waals surface area contributed by atoms with Crippen molar-refractivity contribution in [1.82, 2.24) is 15.0 Å². The summed E-state index contributed by atoms with van der Waals surface area (Å²) in [6.45, 7) is 4.13. The average molecular weight is 717 g/mol. The van der Waals surface area contributed by atoms with E-state index in [1.807, 2.05) is 6.07 Å². The number of H-pyrrole nitrogens is 1. The molecule has 9 rings (SSSR count). The first-order chi connectivity index (χ1) is 26.1. The number of rotatable bonds is 6. The summed E-state index contributed by atoms with van der Waals surface area (Å²) < 4.78 is 5.40. The molecule has 0 bridgehead atoms. The Labute approximate surface area is 308 Å². The first-order valence-electron chi connectivity index (χ1n) is 18.0. The van der Waals surface area contributed by atoms with Crippen molar-refractivity contribution in [2.24, 2.45) is 0 Å². The molecule has 0 spiro atoms. The molecule has 3 aliphatic rings. The van der Waals surface area contributed by atoms with Gasteiger partial charge in [-0.25, -0.2) is 14.7 Å². The van der Waals surface area contributed by atoms with E-state index in [9.17, 15) is 28.8 Å². The van der Waals surface area contributed by atoms with Crippen LogP contribution in [-0.4, -0.2) is 44.3 Å². The number of benzene rings is 4. The maximum atomic E-state index is 14.4. The van der Waals surface area contributed by atoms with Gasteiger partial charge in [0, 0.05) is 45.4 Å². The van der Waals surface area contributed by atoms with Crippen LogP contribution < -0.4 is 15.2 Å². The molecule has 11 heteroatoms. The van der Waals surface area contributed by atoms with Crippen molar-refractivity contribution in [3.05, 3.63) is 140 Å². The van der Waals surface area contributed by atoms with Crippen LogP contribution in [0.25, 0.3) is 21.7 Å². The molecule has 2 aliphatic carbocycles. The number of hydrogen-bond donors (Lipinski definition) is 1. The second-order valence-corrected chi connectivity index (χ2v) is 14.4. The summed E-state index contributed by atoms with van der Waals surface area (Å²) in [6, 6.07) is 19.4. The average Bonchev–Trinajstić information content (AvgIpc) is 3.71. The van der Waals surface area contributed by atoms with Gasteiger partial charge in [0.15, 0.2) is 11.6 Å². The van der Waals surface area contributed by atoms with E-state index < -0.39 is 40.8 Å². The third kappa shape index (κ3) is 5.10. The lowest BCUT2D eigenvalue weighted by Gasteiger charge is -2.32. The van der Waals surface area contributed by atoms with E-state index >= 15 is 0 Å². The van der Waals surface area contributed by atoms with Crippen molar-refractivity contribution in [1.29, 1.82) is 0 Å². The number of imide groups is 1. The summed E-state index contributed by atoms with van der Waals surface area (Å²) in [6.07, 6.45) is 7.08. The number of carbonyl (C=O) groups is 5. The number of ketones is 2. The standard InChI is InChI=1S/C43H32N4O7/c1-21(2)23-7-9-26(22-5-3-4-6-22)33(20-23)47-41(51)30-13-11-28-34-29(12-14-31(35(30)34)42(47)52)38(49)36(37(28)48)39-45-32-19-24(8-10-27(32)40(50)46-39)43(53)54-25-15-17-44-18-16-25/h7-22,36H,3-6H2,1-2H3,(H,45,46,50). The Bertz CT molecular complexity index is 2640. The van der Waals surface area contributed by atoms with Crippen LogP contribution in [0.15, 0.2) is 90.0 Å². The van der Waals surface area contributed by atoms with Gasteiger partial charge in [-0.15, -0.1) is 0 Å². The lowest BCUT2D eigenvalue weighted by Crippen LogP contribution is -2.42. The maximum Gasteiger partial charge on any atom is 0.343 e. The van der Waals surface area contributed by atoms with E-state index in [4.69, 9.17) is 4.74 Å². The van der Waals surface area contributed by atoms with Crippen molar-refractivity contribution >= 4 is 56.7 Å². The molecule has 6 aromatic rings. The number of anilines is 1. The molecule has 3 heterocycles. The Morgan fingerprint density at radius 1 is 0.778 bits per heavy atom. The highest BCUT2D eigenvalue weighted by molar-refractivity contribution is 6.40. The number of carbonyl (C=O) groups excluding carboxylic acids is 5. The number of Topliss-reactive ketones (excluding diaryl/α,β-unsaturated/α-hetero) is 2. The van der Waals surface area contributed by atoms with Crippen molar-refractivity contribution in [3.63, 3.8) is 0 Å². The van der Waals surface area contributed by atoms with Gasteiger partial charge in [0.25, 0.3) is 17.4 Å². The fraction of sp³-hybridized carbons (Fsp3) is 0.209. The summed E-state index contributed by atoms with van der Waals surface area (Å²) in [5.41, 5.74) is 2.85. The summed E-state index contributed by atoms with van der Waals surface area (Å²) in [4.78, 5) is 95.9. The Morgan fingerprint density at radius 2 is 1.41 bits per heavy atom. The van der Waals surface area contributed by atoms with Crippen molar-refractivity contribution in [3.8, 4) is 5.75 Å². The zero-order valence-electron chi connectivity index (χ0n) is 29.3. The molecule has 1 aliphatic heterocycles. The van der Waals surface area contributed by atoms with Gasteiger partial charge in [0.1, 0.15) is 17.5 Å². The second kappa shape index (κ2) is 12.5. The Balaban J connectivity index is 1.11. The van der Waals surface area contributed by atoms with Crippen LogP contribution in [0.1, 0.15) is 126 Å². The van der Waals surface area contributed by atoms with Gasteiger partial charge < -0.3 is 9.72 Å². The minimum atomic E-state index is -1.51. The smallest absolute Gasteiger partial charge is 0.343 e. The lowest BCUT2D eigenvalue weighted by atomic mass is 9.76. The Morgan fingerprint density at radius 3 is 2.06 bits per heavy atom. The minimum absolute atomic E-state index is 0.0874. The predicted molar refractivity (Wildman–Crippen MR) is 200 cm³/mol. The zero-order chi connectivity index (χ0) is 37.4. The molecule has 0 unspecified atom stereocenters. The number of aromatic amines is 1. The summed E-state index contributed by atoms with van der Waals surface area (Å²) in [7, 11) is 0. The minimum Gasteiger partial charge on any atom is -0.423 e. The molecular formula is C43H32N4O7. The normalized spacial score (nSPS) is 15.9. The van der Waals surface area contributed by atoms with E-state index in [2.05, 4.69) is 40.9 Å². The molecular weight excluding hydrogens is 684 g/mol. The summed E-state index contributed by atoms with van der Waals surface area (Å²) >= 11 is 0. The van der Waals surface area contributed by atoms with Crippen LogP contribution in [0.2, 0.25) is 0 Å². The molecule has 4 aromatic carbocycles. The highest BCUT2D eigenvalue weighted by atomic mass is 16.5. The van der Waals surface area contributed by atoms with Crippen LogP contribution in [0.3, 0.4) is 0 Å². The quantitative estimate of drug-likeness (QED) is 0.105. The number of fused-ring (bicyclic) bond motifs is 1. The van der Waals surface area contributed by atoms with Gasteiger partial charge in [-0.2, -0.15) is 0 Å². The zero-order valence-corrected chi connectivity index (χ0v) is 29.3. The van der Waals surface area contributed by atoms with E-state index in [-0.39, 0.29) is 72.9 Å². The number of amides is 2. The number of pyridine rings is 1. The topological polar surface area (TPSA) is 156 Å². The van der Waals surface area contributed by atoms with Gasteiger partial charge in [0.2, 0.25) is 0 Å². The number of hydrogen-bond acceptors (Lipinski definition) is 9. The molecule has 1 fully saturated rings. The molecule has 1 saturated carbocycles. The van der Waals surface area contributed by atoms with E-state index in [1.54, 1.807) is 0 Å². The number of ether oxygens (including phenoxy) is 1. The first-order valence-corrected chi connectivity index (χ1v) is 18.0. The molecule has 0 atom stereocenters. The van der Waals surface area contributed by atoms with Crippen LogP contribution >= 0.6 is 0 Å². The number of nitrogens with one attached hydrogen (secondary N) is 1. The highest BCUT2D eigenvalue weighted by Gasteiger charge is 2.43. The molecule has 266 valence electrons. The van der Waals surface area contributed by atoms with Gasteiger partial charge in [0.05, 0.1) is 22.2 Å². The Kier molecular flexibility index (Phi) is 7.70. The van der Waals surface area contributed by atoms with Gasteiger partial charge >= 0.3 is 5.97 Å². The van der Waals surface area contributed by atoms with Crippen LogP contribution in [-0.2, 0) is 0 Å². The van der Waals surface area contributed by atoms with E-state index in [0.29, 0.717) is 5.69 Å². The third-order valence-corrected chi connectivity index (χ3v) is 10.9. The Hall–Kier alpha value is -6.62. The molecule has 2 amide bonds. The maximum absolute atomic E-state index is 14.4. The van der Waals surface area contributed by atoms with Crippen LogP contribution in [0, 0.1) is 0 Å². The SMILES string of the molecule is CC(C)c1ccc(C2CCCC2)c(N2C(=O)c3ccc4c5c(ccc(c35)C2=O)C(=O)C(c2nc3cc(C(=O)Oc5ccncc5)ccc3c(=O)[nH]2)C4=O)c1. The molecule has 11 nitrogen and oxygen atoms in total. The summed E-state index contributed by atoms with van der Waals surface area (Å²) in [5, 5.41) is 0.635. The fourth-order valence-electron chi connectivity index (χ4n) is 8.18. The summed E-state index contributed by atoms with van der Waals surface area (Å²) in [5.74, 6) is -4.03. The lowest BCUT2D eigenvalue weighted by molar-refractivity contribution is 0.0732. The van der Waals surface area contributed by atoms with Crippen LogP contribution in [0.4, 0.5) is 5.69 Å². The third-order valence-electron chi connectivity index (χ3n) is 10.9. The van der Waals surface area contributed by atoms with Gasteiger partial charge in [-0.3, -0.25) is 29.0 Å². The van der Waals surface area contributed by atoms with Crippen molar-refractivity contribution in [2.45, 2.75) is 57.3 Å². The van der Waals surface area contributed by atoms with Gasteiger partial charge in [-0.05, 0) is 96.5 Å². The van der Waals surface area contributed by atoms with Crippen molar-refractivity contribution < 1.29 is 28.7 Å². The van der Waals surface area contributed by atoms with E-state index in [1.165, 1.54) is 71.9 Å². The highest BCUT2D eigenvalue weighted by Crippen LogP contribution is 2.45. The fourth-order valence-corrected chi connectivity index (χ4v) is 8.18. The van der Waals surface area contributed by atoms with Crippen molar-refractivity contribution in [2.75, 3.05) is 4.90 Å².